The van der Waals surface area contributed by atoms with Crippen molar-refractivity contribution >= 4 is 34.4 Å². The fourth-order valence-electron chi connectivity index (χ4n) is 3.58. The highest BCUT2D eigenvalue weighted by Crippen LogP contribution is 2.42. The van der Waals surface area contributed by atoms with Gasteiger partial charge in [-0.05, 0) is 29.7 Å². The molecule has 0 aliphatic carbocycles. The molecular formula is C22H22FN3O3S. The maximum absolute atomic E-state index is 13.2. The van der Waals surface area contributed by atoms with Gasteiger partial charge in [-0.15, -0.1) is 0 Å². The summed E-state index contributed by atoms with van der Waals surface area (Å²) in [5, 5.41) is 0.683. The van der Waals surface area contributed by atoms with Gasteiger partial charge in [-0.1, -0.05) is 37.7 Å². The Balaban J connectivity index is 1.77. The van der Waals surface area contributed by atoms with Gasteiger partial charge in [0.15, 0.2) is 16.7 Å². The smallest absolute Gasteiger partial charge is 0.271 e. The maximum atomic E-state index is 13.2. The Labute approximate surface area is 178 Å². The number of carbonyl (C=O) groups excluding carboxylic acids is 1. The standard InChI is InChI=1S/C22H22FN3O3S/c1-12(2)19-21(27)25-20-15-9-17(28-3)18(29-4)10-16(15)24-22(26(19)20)30-11-13-5-7-14(23)8-6-13/h5-10,12,19H,11H2,1-4H3/t19-/m1/s1. The van der Waals surface area contributed by atoms with Gasteiger partial charge in [0, 0.05) is 17.4 Å². The SMILES string of the molecule is COc1cc2c(cc1OC)C1=NC(=O)[C@@H](C(C)C)N1C(SCc1ccc(F)cc1)=N2. The molecule has 6 nitrogen and oxygen atoms in total. The number of amides is 1. The van der Waals surface area contributed by atoms with Crippen LogP contribution in [0.25, 0.3) is 0 Å². The van der Waals surface area contributed by atoms with E-state index in [1.54, 1.807) is 38.5 Å². The summed E-state index contributed by atoms with van der Waals surface area (Å²) in [6, 6.07) is 9.55. The lowest BCUT2D eigenvalue weighted by molar-refractivity contribution is -0.120. The molecule has 0 fully saturated rings. The number of ether oxygens (including phenoxy) is 2. The van der Waals surface area contributed by atoms with Crippen molar-refractivity contribution in [3.05, 3.63) is 53.3 Å². The monoisotopic (exact) mass is 427 g/mol. The first-order valence-electron chi connectivity index (χ1n) is 9.57. The summed E-state index contributed by atoms with van der Waals surface area (Å²) < 4.78 is 24.1. The first kappa shape index (κ1) is 20.4. The highest BCUT2D eigenvalue weighted by molar-refractivity contribution is 8.13. The molecule has 8 heteroatoms. The highest BCUT2D eigenvalue weighted by atomic mass is 32.2. The first-order chi connectivity index (χ1) is 14.4. The van der Waals surface area contributed by atoms with Crippen molar-refractivity contribution in [1.29, 1.82) is 0 Å². The molecule has 4 rings (SSSR count). The molecule has 30 heavy (non-hydrogen) atoms. The number of rotatable bonds is 5. The van der Waals surface area contributed by atoms with Gasteiger partial charge >= 0.3 is 0 Å². The lowest BCUT2D eigenvalue weighted by atomic mass is 10.0. The molecular weight excluding hydrogens is 405 g/mol. The van der Waals surface area contributed by atoms with E-state index < -0.39 is 6.04 Å². The molecule has 2 aromatic carbocycles. The molecule has 0 spiro atoms. The van der Waals surface area contributed by atoms with Crippen molar-refractivity contribution < 1.29 is 18.7 Å². The van der Waals surface area contributed by atoms with Gasteiger partial charge in [-0.2, -0.15) is 4.99 Å². The summed E-state index contributed by atoms with van der Waals surface area (Å²) in [5.41, 5.74) is 2.36. The van der Waals surface area contributed by atoms with Crippen molar-refractivity contribution in [2.75, 3.05) is 14.2 Å². The normalized spacial score (nSPS) is 17.5. The number of fused-ring (bicyclic) bond motifs is 3. The van der Waals surface area contributed by atoms with E-state index in [0.717, 1.165) is 11.1 Å². The van der Waals surface area contributed by atoms with Crippen LogP contribution in [0.15, 0.2) is 46.4 Å². The van der Waals surface area contributed by atoms with Gasteiger partial charge in [0.2, 0.25) is 0 Å². The zero-order chi connectivity index (χ0) is 21.4. The minimum absolute atomic E-state index is 0.0528. The van der Waals surface area contributed by atoms with E-state index in [0.29, 0.717) is 33.9 Å². The van der Waals surface area contributed by atoms with E-state index in [4.69, 9.17) is 14.5 Å². The number of nitrogens with zero attached hydrogens (tertiary/aromatic N) is 3. The third-order valence-corrected chi connectivity index (χ3v) is 6.08. The summed E-state index contributed by atoms with van der Waals surface area (Å²) in [6.07, 6.45) is 0. The van der Waals surface area contributed by atoms with Gasteiger partial charge in [0.05, 0.1) is 19.9 Å². The fraction of sp³-hybridized carbons (Fsp3) is 0.318. The van der Waals surface area contributed by atoms with Crippen LogP contribution in [0.2, 0.25) is 0 Å². The largest absolute Gasteiger partial charge is 0.493 e. The van der Waals surface area contributed by atoms with Gasteiger partial charge in [-0.3, -0.25) is 9.69 Å². The van der Waals surface area contributed by atoms with Crippen molar-refractivity contribution in [3.8, 4) is 11.5 Å². The van der Waals surface area contributed by atoms with Gasteiger partial charge in [0.25, 0.3) is 5.91 Å². The number of hydrogen-bond acceptors (Lipinski definition) is 6. The maximum Gasteiger partial charge on any atom is 0.271 e. The zero-order valence-corrected chi connectivity index (χ0v) is 18.0. The second kappa shape index (κ2) is 8.10. The molecule has 0 saturated heterocycles. The highest BCUT2D eigenvalue weighted by Gasteiger charge is 2.43. The second-order valence-corrected chi connectivity index (χ2v) is 8.31. The van der Waals surface area contributed by atoms with Crippen LogP contribution in [0.5, 0.6) is 11.5 Å². The Morgan fingerprint density at radius 3 is 2.40 bits per heavy atom. The van der Waals surface area contributed by atoms with Crippen LogP contribution >= 0.6 is 11.8 Å². The molecule has 0 radical (unpaired) electrons. The van der Waals surface area contributed by atoms with Crippen molar-refractivity contribution in [2.24, 2.45) is 15.9 Å². The van der Waals surface area contributed by atoms with Crippen molar-refractivity contribution in [1.82, 2.24) is 4.90 Å². The van der Waals surface area contributed by atoms with Gasteiger partial charge in [-0.25, -0.2) is 9.38 Å². The summed E-state index contributed by atoms with van der Waals surface area (Å²) >= 11 is 1.49. The van der Waals surface area contributed by atoms with E-state index in [-0.39, 0.29) is 17.6 Å². The minimum atomic E-state index is -0.416. The Morgan fingerprint density at radius 2 is 1.77 bits per heavy atom. The number of methoxy groups -OCH3 is 2. The molecule has 0 N–H and O–H groups in total. The minimum Gasteiger partial charge on any atom is -0.493 e. The molecule has 0 saturated carbocycles. The summed E-state index contributed by atoms with van der Waals surface area (Å²) in [5.74, 6) is 1.87. The molecule has 0 unspecified atom stereocenters. The lowest BCUT2D eigenvalue weighted by Crippen LogP contribution is -2.46. The Kier molecular flexibility index (Phi) is 5.51. The summed E-state index contributed by atoms with van der Waals surface area (Å²) in [7, 11) is 3.13. The number of benzene rings is 2. The van der Waals surface area contributed by atoms with Crippen LogP contribution in [-0.4, -0.2) is 42.1 Å². The van der Waals surface area contributed by atoms with E-state index in [9.17, 15) is 9.18 Å². The molecule has 1 atom stereocenters. The number of aliphatic imine (C=N–C) groups is 2. The molecule has 156 valence electrons. The van der Waals surface area contributed by atoms with Crippen LogP contribution < -0.4 is 9.47 Å². The van der Waals surface area contributed by atoms with Crippen LogP contribution in [0.3, 0.4) is 0 Å². The molecule has 2 heterocycles. The summed E-state index contributed by atoms with van der Waals surface area (Å²) in [4.78, 5) is 23.8. The fourth-order valence-corrected chi connectivity index (χ4v) is 4.57. The second-order valence-electron chi connectivity index (χ2n) is 7.37. The van der Waals surface area contributed by atoms with Gasteiger partial charge < -0.3 is 9.47 Å². The van der Waals surface area contributed by atoms with Gasteiger partial charge in [0.1, 0.15) is 17.7 Å². The molecule has 2 aliphatic rings. The topological polar surface area (TPSA) is 63.5 Å². The molecule has 0 aromatic heterocycles. The third kappa shape index (κ3) is 3.56. The molecule has 2 aromatic rings. The number of carbonyl (C=O) groups is 1. The van der Waals surface area contributed by atoms with Crippen LogP contribution in [0, 0.1) is 11.7 Å². The summed E-state index contributed by atoms with van der Waals surface area (Å²) in [6.45, 7) is 3.99. The van der Waals surface area contributed by atoms with E-state index >= 15 is 0 Å². The van der Waals surface area contributed by atoms with Crippen LogP contribution in [0.1, 0.15) is 25.0 Å². The average Bonchev–Trinajstić information content (AvgIpc) is 3.09. The molecule has 0 bridgehead atoms. The third-order valence-electron chi connectivity index (χ3n) is 5.05. The molecule has 1 amide bonds. The van der Waals surface area contributed by atoms with E-state index in [1.807, 2.05) is 18.7 Å². The predicted molar refractivity (Wildman–Crippen MR) is 116 cm³/mol. The zero-order valence-electron chi connectivity index (χ0n) is 17.2. The average molecular weight is 428 g/mol. The first-order valence-corrected chi connectivity index (χ1v) is 10.6. The van der Waals surface area contributed by atoms with Crippen LogP contribution in [-0.2, 0) is 10.5 Å². The van der Waals surface area contributed by atoms with Crippen molar-refractivity contribution in [3.63, 3.8) is 0 Å². The number of thioether (sulfide) groups is 1. The Morgan fingerprint density at radius 1 is 1.10 bits per heavy atom. The Bertz CT molecular complexity index is 1050. The Hall–Kier alpha value is -2.87. The quantitative estimate of drug-likeness (QED) is 0.708. The molecule has 2 aliphatic heterocycles. The van der Waals surface area contributed by atoms with Crippen molar-refractivity contribution in [2.45, 2.75) is 25.6 Å². The predicted octanol–water partition coefficient (Wildman–Crippen LogP) is 4.39. The van der Waals surface area contributed by atoms with E-state index in [1.165, 1.54) is 23.9 Å². The number of halogens is 1. The number of hydrogen-bond donors (Lipinski definition) is 0. The van der Waals surface area contributed by atoms with E-state index in [2.05, 4.69) is 4.99 Å². The lowest BCUT2D eigenvalue weighted by Gasteiger charge is -2.33. The number of amidine groups is 2. The van der Waals surface area contributed by atoms with Crippen LogP contribution in [0.4, 0.5) is 10.1 Å².